The summed E-state index contributed by atoms with van der Waals surface area (Å²) in [7, 11) is 6.25. The fourth-order valence-corrected chi connectivity index (χ4v) is 1.98. The van der Waals surface area contributed by atoms with E-state index in [1.54, 1.807) is 0 Å². The van der Waals surface area contributed by atoms with Crippen molar-refractivity contribution in [3.05, 3.63) is 54.4 Å². The summed E-state index contributed by atoms with van der Waals surface area (Å²) in [5.74, 6) is 0. The summed E-state index contributed by atoms with van der Waals surface area (Å²) < 4.78 is 0. The molecule has 2 rings (SSSR count). The molecule has 0 aliphatic carbocycles. The van der Waals surface area contributed by atoms with E-state index < -0.39 is 0 Å². The van der Waals surface area contributed by atoms with Gasteiger partial charge in [0.2, 0.25) is 0 Å². The second-order valence-corrected chi connectivity index (χ2v) is 4.94. The molecule has 0 saturated heterocycles. The van der Waals surface area contributed by atoms with E-state index in [2.05, 4.69) is 72.3 Å². The van der Waals surface area contributed by atoms with Gasteiger partial charge in [-0.05, 0) is 48.4 Å². The van der Waals surface area contributed by atoms with Crippen molar-refractivity contribution in [2.24, 2.45) is 0 Å². The number of rotatable bonds is 5. The zero-order valence-corrected chi connectivity index (χ0v) is 11.9. The number of aromatic nitrogens is 1. The van der Waals surface area contributed by atoms with Crippen molar-refractivity contribution in [2.45, 2.75) is 6.42 Å². The van der Waals surface area contributed by atoms with Gasteiger partial charge in [-0.15, -0.1) is 0 Å². The molecule has 0 aliphatic heterocycles. The molecule has 0 aliphatic rings. The van der Waals surface area contributed by atoms with Crippen molar-refractivity contribution in [2.75, 3.05) is 37.5 Å². The van der Waals surface area contributed by atoms with Gasteiger partial charge >= 0.3 is 0 Å². The number of nitrogens with zero attached hydrogens (tertiary/aromatic N) is 3. The number of hydrogen-bond acceptors (Lipinski definition) is 3. The summed E-state index contributed by atoms with van der Waals surface area (Å²) in [6, 6.07) is 12.8. The molecule has 0 atom stereocenters. The quantitative estimate of drug-likeness (QED) is 0.819. The fourth-order valence-electron chi connectivity index (χ4n) is 1.98. The predicted octanol–water partition coefficient (Wildman–Crippen LogP) is 2.83. The molecule has 1 aromatic carbocycles. The van der Waals surface area contributed by atoms with Crippen LogP contribution in [0.3, 0.4) is 0 Å². The van der Waals surface area contributed by atoms with Crippen LogP contribution in [0.15, 0.2) is 48.8 Å². The van der Waals surface area contributed by atoms with Gasteiger partial charge in [0.15, 0.2) is 0 Å². The van der Waals surface area contributed by atoms with Crippen LogP contribution in [0.2, 0.25) is 0 Å². The molecule has 3 nitrogen and oxygen atoms in total. The van der Waals surface area contributed by atoms with E-state index in [-0.39, 0.29) is 0 Å². The molecule has 100 valence electrons. The molecule has 0 saturated carbocycles. The highest BCUT2D eigenvalue weighted by atomic mass is 15.1. The lowest BCUT2D eigenvalue weighted by atomic mass is 10.2. The molecule has 0 unspecified atom stereocenters. The lowest BCUT2D eigenvalue weighted by Crippen LogP contribution is -2.20. The monoisotopic (exact) mass is 255 g/mol. The van der Waals surface area contributed by atoms with Crippen LogP contribution in [0, 0.1) is 0 Å². The summed E-state index contributed by atoms with van der Waals surface area (Å²) in [5.41, 5.74) is 3.80. The highest BCUT2D eigenvalue weighted by Crippen LogP contribution is 2.18. The maximum absolute atomic E-state index is 4.04. The first-order valence-corrected chi connectivity index (χ1v) is 6.54. The van der Waals surface area contributed by atoms with Crippen molar-refractivity contribution >= 4 is 11.4 Å². The van der Waals surface area contributed by atoms with Gasteiger partial charge < -0.3 is 9.80 Å². The van der Waals surface area contributed by atoms with E-state index in [0.29, 0.717) is 0 Å². The Morgan fingerprint density at radius 3 is 2.00 bits per heavy atom. The smallest absolute Gasteiger partial charge is 0.0365 e. The standard InChI is InChI=1S/C16H21N3/c1-18(2)15-4-6-16(7-5-15)19(3)13-10-14-8-11-17-12-9-14/h4-9,11-12H,10,13H2,1-3H3. The Morgan fingerprint density at radius 2 is 1.42 bits per heavy atom. The van der Waals surface area contributed by atoms with Crippen LogP contribution >= 0.6 is 0 Å². The minimum Gasteiger partial charge on any atom is -0.378 e. The number of hydrogen-bond donors (Lipinski definition) is 0. The summed E-state index contributed by atoms with van der Waals surface area (Å²) in [4.78, 5) is 8.43. The van der Waals surface area contributed by atoms with Crippen LogP contribution < -0.4 is 9.80 Å². The van der Waals surface area contributed by atoms with Gasteiger partial charge in [0.1, 0.15) is 0 Å². The highest BCUT2D eigenvalue weighted by molar-refractivity contribution is 5.55. The number of pyridine rings is 1. The van der Waals surface area contributed by atoms with E-state index in [0.717, 1.165) is 13.0 Å². The first-order valence-electron chi connectivity index (χ1n) is 6.54. The zero-order valence-electron chi connectivity index (χ0n) is 11.9. The van der Waals surface area contributed by atoms with E-state index in [9.17, 15) is 0 Å². The Hall–Kier alpha value is -2.03. The number of likely N-dealkylation sites (N-methyl/N-ethyl adjacent to an activating group) is 1. The Bertz CT molecular complexity index is 491. The van der Waals surface area contributed by atoms with E-state index in [1.165, 1.54) is 16.9 Å². The topological polar surface area (TPSA) is 19.4 Å². The average molecular weight is 255 g/mol. The highest BCUT2D eigenvalue weighted by Gasteiger charge is 2.02. The third kappa shape index (κ3) is 3.71. The number of benzene rings is 1. The molecule has 19 heavy (non-hydrogen) atoms. The first-order chi connectivity index (χ1) is 9.16. The summed E-state index contributed by atoms with van der Waals surface area (Å²) in [6.45, 7) is 1.01. The summed E-state index contributed by atoms with van der Waals surface area (Å²) in [6.07, 6.45) is 4.73. The SMILES string of the molecule is CN(C)c1ccc(N(C)CCc2ccncc2)cc1. The molecule has 0 spiro atoms. The van der Waals surface area contributed by atoms with Crippen LogP contribution in [0.4, 0.5) is 11.4 Å². The molecule has 2 aromatic rings. The second-order valence-electron chi connectivity index (χ2n) is 4.94. The summed E-state index contributed by atoms with van der Waals surface area (Å²) >= 11 is 0. The molecule has 1 heterocycles. The molecule has 0 radical (unpaired) electrons. The molecular formula is C16H21N3. The van der Waals surface area contributed by atoms with E-state index in [1.807, 2.05) is 12.4 Å². The largest absolute Gasteiger partial charge is 0.378 e. The minimum atomic E-state index is 1.01. The van der Waals surface area contributed by atoms with Crippen LogP contribution in [-0.4, -0.2) is 32.7 Å². The van der Waals surface area contributed by atoms with Gasteiger partial charge in [-0.1, -0.05) is 0 Å². The Kier molecular flexibility index (Phi) is 4.39. The third-order valence-electron chi connectivity index (χ3n) is 3.29. The first kappa shape index (κ1) is 13.4. The van der Waals surface area contributed by atoms with Gasteiger partial charge in [0.05, 0.1) is 0 Å². The fraction of sp³-hybridized carbons (Fsp3) is 0.312. The molecule has 0 amide bonds. The molecule has 0 N–H and O–H groups in total. The normalized spacial score (nSPS) is 10.3. The van der Waals surface area contributed by atoms with Crippen molar-refractivity contribution in [1.82, 2.24) is 4.98 Å². The van der Waals surface area contributed by atoms with Crippen LogP contribution in [0.5, 0.6) is 0 Å². The van der Waals surface area contributed by atoms with Gasteiger partial charge in [0, 0.05) is 51.5 Å². The minimum absolute atomic E-state index is 1.01. The average Bonchev–Trinajstić information content (AvgIpc) is 2.46. The summed E-state index contributed by atoms with van der Waals surface area (Å²) in [5, 5.41) is 0. The molecular weight excluding hydrogens is 234 g/mol. The van der Waals surface area contributed by atoms with Crippen molar-refractivity contribution in [3.63, 3.8) is 0 Å². The van der Waals surface area contributed by atoms with Gasteiger partial charge in [-0.3, -0.25) is 4.98 Å². The predicted molar refractivity (Wildman–Crippen MR) is 82.0 cm³/mol. The Labute approximate surface area is 115 Å². The van der Waals surface area contributed by atoms with Gasteiger partial charge in [-0.25, -0.2) is 0 Å². The lowest BCUT2D eigenvalue weighted by molar-refractivity contribution is 0.875. The Morgan fingerprint density at radius 1 is 0.842 bits per heavy atom. The zero-order chi connectivity index (χ0) is 13.7. The molecule has 0 bridgehead atoms. The third-order valence-corrected chi connectivity index (χ3v) is 3.29. The van der Waals surface area contributed by atoms with E-state index in [4.69, 9.17) is 0 Å². The van der Waals surface area contributed by atoms with Crippen LogP contribution in [0.25, 0.3) is 0 Å². The van der Waals surface area contributed by atoms with Crippen molar-refractivity contribution < 1.29 is 0 Å². The molecule has 1 aromatic heterocycles. The van der Waals surface area contributed by atoms with Crippen molar-refractivity contribution in [3.8, 4) is 0 Å². The Balaban J connectivity index is 1.94. The van der Waals surface area contributed by atoms with Gasteiger partial charge in [0.25, 0.3) is 0 Å². The van der Waals surface area contributed by atoms with Crippen LogP contribution in [-0.2, 0) is 6.42 Å². The number of anilines is 2. The maximum atomic E-state index is 4.04. The van der Waals surface area contributed by atoms with Gasteiger partial charge in [-0.2, -0.15) is 0 Å². The lowest BCUT2D eigenvalue weighted by Gasteiger charge is -2.20. The molecule has 3 heteroatoms. The molecule has 0 fully saturated rings. The van der Waals surface area contributed by atoms with E-state index >= 15 is 0 Å². The second kappa shape index (κ2) is 6.23. The maximum Gasteiger partial charge on any atom is 0.0365 e. The van der Waals surface area contributed by atoms with Crippen molar-refractivity contribution in [1.29, 1.82) is 0 Å². The van der Waals surface area contributed by atoms with Crippen LogP contribution in [0.1, 0.15) is 5.56 Å².